The zero-order chi connectivity index (χ0) is 18.4. The molecule has 144 valence electrons. The zero-order valence-electron chi connectivity index (χ0n) is 16.0. The lowest BCUT2D eigenvalue weighted by molar-refractivity contribution is -0.136. The SMILES string of the molecule is CC(C)(C)CCCCC(Cl)CCCCCCCCCC(Cl)C(=O)O. The third-order valence-electron chi connectivity index (χ3n) is 4.44. The van der Waals surface area contributed by atoms with Gasteiger partial charge in [0, 0.05) is 5.38 Å². The molecule has 1 N–H and O–H groups in total. The first-order valence-electron chi connectivity index (χ1n) is 9.73. The molecule has 0 fully saturated rings. The van der Waals surface area contributed by atoms with Crippen LogP contribution in [0.25, 0.3) is 0 Å². The molecule has 2 unspecified atom stereocenters. The number of hydrogen-bond acceptors (Lipinski definition) is 1. The molecule has 0 aromatic heterocycles. The summed E-state index contributed by atoms with van der Waals surface area (Å²) in [5.41, 5.74) is 0.445. The van der Waals surface area contributed by atoms with E-state index in [9.17, 15) is 4.79 Å². The number of rotatable bonds is 15. The molecule has 0 heterocycles. The summed E-state index contributed by atoms with van der Waals surface area (Å²) in [7, 11) is 0. The molecule has 0 aliphatic carbocycles. The normalized spacial score (nSPS) is 14.5. The topological polar surface area (TPSA) is 37.3 Å². The zero-order valence-corrected chi connectivity index (χ0v) is 17.5. The van der Waals surface area contributed by atoms with Crippen LogP contribution in [0, 0.1) is 5.41 Å². The summed E-state index contributed by atoms with van der Waals surface area (Å²) in [5.74, 6) is -0.897. The lowest BCUT2D eigenvalue weighted by atomic mass is 9.89. The van der Waals surface area contributed by atoms with Crippen molar-refractivity contribution in [2.24, 2.45) is 5.41 Å². The number of carbonyl (C=O) groups is 1. The van der Waals surface area contributed by atoms with Crippen molar-refractivity contribution in [2.45, 2.75) is 115 Å². The van der Waals surface area contributed by atoms with E-state index in [1.807, 2.05) is 0 Å². The third-order valence-corrected chi connectivity index (χ3v) is 5.28. The van der Waals surface area contributed by atoms with Gasteiger partial charge in [0.05, 0.1) is 0 Å². The fourth-order valence-electron chi connectivity index (χ4n) is 2.86. The Hall–Kier alpha value is 0.0500. The average molecular weight is 381 g/mol. The Morgan fingerprint density at radius 2 is 1.21 bits per heavy atom. The van der Waals surface area contributed by atoms with Crippen LogP contribution in [-0.2, 0) is 4.79 Å². The van der Waals surface area contributed by atoms with E-state index in [4.69, 9.17) is 28.3 Å². The molecule has 2 nitrogen and oxygen atoms in total. The Labute approximate surface area is 159 Å². The molecule has 0 aliphatic heterocycles. The largest absolute Gasteiger partial charge is 0.480 e. The first-order chi connectivity index (χ1) is 11.2. The summed E-state index contributed by atoms with van der Waals surface area (Å²) >= 11 is 12.1. The molecule has 24 heavy (non-hydrogen) atoms. The van der Waals surface area contributed by atoms with Gasteiger partial charge < -0.3 is 5.11 Å². The standard InChI is InChI=1S/C20H38Cl2O2/c1-20(2,3)16-12-11-14-17(21)13-9-7-5-4-6-8-10-15-18(22)19(23)24/h17-18H,4-16H2,1-3H3,(H,23,24). The quantitative estimate of drug-likeness (QED) is 0.237. The number of unbranched alkanes of at least 4 members (excludes halogenated alkanes) is 7. The lowest BCUT2D eigenvalue weighted by Crippen LogP contribution is -2.12. The van der Waals surface area contributed by atoms with E-state index in [-0.39, 0.29) is 0 Å². The predicted molar refractivity (Wildman–Crippen MR) is 106 cm³/mol. The Balaban J connectivity index is 3.30. The van der Waals surface area contributed by atoms with Crippen molar-refractivity contribution in [3.05, 3.63) is 0 Å². The van der Waals surface area contributed by atoms with E-state index in [2.05, 4.69) is 20.8 Å². The van der Waals surface area contributed by atoms with Gasteiger partial charge in [-0.25, -0.2) is 0 Å². The maximum Gasteiger partial charge on any atom is 0.321 e. The molecule has 0 bridgehead atoms. The van der Waals surface area contributed by atoms with E-state index < -0.39 is 11.3 Å². The monoisotopic (exact) mass is 380 g/mol. The van der Waals surface area contributed by atoms with Gasteiger partial charge >= 0.3 is 5.97 Å². The van der Waals surface area contributed by atoms with E-state index in [0.717, 1.165) is 25.7 Å². The van der Waals surface area contributed by atoms with Crippen molar-refractivity contribution in [2.75, 3.05) is 0 Å². The minimum atomic E-state index is -0.897. The number of carboxylic acids is 1. The van der Waals surface area contributed by atoms with Crippen molar-refractivity contribution in [1.29, 1.82) is 0 Å². The van der Waals surface area contributed by atoms with E-state index in [1.54, 1.807) is 0 Å². The number of aliphatic carboxylic acids is 1. The molecule has 0 radical (unpaired) electrons. The van der Waals surface area contributed by atoms with E-state index in [0.29, 0.717) is 17.2 Å². The summed E-state index contributed by atoms with van der Waals surface area (Å²) in [5, 5.41) is 8.32. The number of hydrogen-bond donors (Lipinski definition) is 1. The summed E-state index contributed by atoms with van der Waals surface area (Å²) in [6.07, 6.45) is 14.9. The molecule has 0 saturated heterocycles. The molecule has 0 amide bonds. The van der Waals surface area contributed by atoms with Crippen LogP contribution in [0.4, 0.5) is 0 Å². The minimum Gasteiger partial charge on any atom is -0.480 e. The Morgan fingerprint density at radius 1 is 0.792 bits per heavy atom. The fraction of sp³-hybridized carbons (Fsp3) is 0.950. The van der Waals surface area contributed by atoms with Gasteiger partial charge in [-0.2, -0.15) is 0 Å². The van der Waals surface area contributed by atoms with Crippen LogP contribution in [0.15, 0.2) is 0 Å². The Kier molecular flexibility index (Phi) is 14.3. The van der Waals surface area contributed by atoms with Gasteiger partial charge in [0.2, 0.25) is 0 Å². The van der Waals surface area contributed by atoms with Crippen molar-refractivity contribution in [3.63, 3.8) is 0 Å². The second kappa shape index (κ2) is 14.2. The van der Waals surface area contributed by atoms with Gasteiger partial charge in [-0.15, -0.1) is 23.2 Å². The number of carboxylic acid groups (broad SMARTS) is 1. The summed E-state index contributed by atoms with van der Waals surface area (Å²) in [6, 6.07) is 0. The van der Waals surface area contributed by atoms with Gasteiger partial charge in [-0.1, -0.05) is 78.6 Å². The number of halogens is 2. The maximum absolute atomic E-state index is 10.6. The highest BCUT2D eigenvalue weighted by atomic mass is 35.5. The summed E-state index contributed by atoms with van der Waals surface area (Å²) in [4.78, 5) is 10.6. The lowest BCUT2D eigenvalue weighted by Gasteiger charge is -2.18. The van der Waals surface area contributed by atoms with Gasteiger partial charge in [0.25, 0.3) is 0 Å². The van der Waals surface area contributed by atoms with Crippen LogP contribution in [0.1, 0.15) is 104 Å². The summed E-state index contributed by atoms with van der Waals surface area (Å²) < 4.78 is 0. The number of alkyl halides is 2. The van der Waals surface area contributed by atoms with Crippen LogP contribution in [0.2, 0.25) is 0 Å². The van der Waals surface area contributed by atoms with Crippen LogP contribution < -0.4 is 0 Å². The highest BCUT2D eigenvalue weighted by Crippen LogP contribution is 2.24. The molecule has 0 aromatic carbocycles. The first-order valence-corrected chi connectivity index (χ1v) is 10.6. The van der Waals surface area contributed by atoms with Crippen LogP contribution in [0.5, 0.6) is 0 Å². The van der Waals surface area contributed by atoms with Gasteiger partial charge in [0.15, 0.2) is 0 Å². The molecule has 0 aromatic rings. The molecule has 0 aliphatic rings. The smallest absolute Gasteiger partial charge is 0.321 e. The minimum absolute atomic E-state index is 0.349. The maximum atomic E-state index is 10.6. The van der Waals surface area contributed by atoms with Crippen molar-refractivity contribution < 1.29 is 9.90 Å². The molecule has 2 atom stereocenters. The van der Waals surface area contributed by atoms with Gasteiger partial charge in [-0.05, 0) is 31.1 Å². The van der Waals surface area contributed by atoms with Gasteiger partial charge in [0.1, 0.15) is 5.38 Å². The first kappa shape index (κ1) is 24.1. The van der Waals surface area contributed by atoms with Crippen LogP contribution >= 0.6 is 23.2 Å². The molecular weight excluding hydrogens is 343 g/mol. The molecule has 0 spiro atoms. The fourth-order valence-corrected chi connectivity index (χ4v) is 3.33. The molecule has 4 heteroatoms. The van der Waals surface area contributed by atoms with E-state index in [1.165, 1.54) is 51.4 Å². The Morgan fingerprint density at radius 3 is 1.67 bits per heavy atom. The highest BCUT2D eigenvalue weighted by molar-refractivity contribution is 6.29. The molecule has 0 saturated carbocycles. The van der Waals surface area contributed by atoms with Crippen molar-refractivity contribution in [3.8, 4) is 0 Å². The molecular formula is C20H38Cl2O2. The predicted octanol–water partition coefficient (Wildman–Crippen LogP) is 7.40. The second-order valence-corrected chi connectivity index (χ2v) is 9.41. The third kappa shape index (κ3) is 16.9. The Bertz CT molecular complexity index is 313. The van der Waals surface area contributed by atoms with Crippen LogP contribution in [-0.4, -0.2) is 21.8 Å². The molecule has 0 rings (SSSR count). The second-order valence-electron chi connectivity index (χ2n) is 8.26. The van der Waals surface area contributed by atoms with Crippen LogP contribution in [0.3, 0.4) is 0 Å². The average Bonchev–Trinajstić information content (AvgIpc) is 2.48. The summed E-state index contributed by atoms with van der Waals surface area (Å²) in [6.45, 7) is 6.89. The van der Waals surface area contributed by atoms with Crippen molar-refractivity contribution >= 4 is 29.2 Å². The van der Waals surface area contributed by atoms with Crippen molar-refractivity contribution in [1.82, 2.24) is 0 Å². The highest BCUT2D eigenvalue weighted by Gasteiger charge is 2.12. The van der Waals surface area contributed by atoms with E-state index >= 15 is 0 Å². The van der Waals surface area contributed by atoms with Gasteiger partial charge in [-0.3, -0.25) is 4.79 Å².